The van der Waals surface area contributed by atoms with Crippen LogP contribution in [0.15, 0.2) is 203 Å². The number of carbonyl (C=O) groups excluding carboxylic acids is 12. The number of nitrogens with two attached hydrogens (primary N) is 2. The van der Waals surface area contributed by atoms with Crippen LogP contribution in [-0.2, 0) is 116 Å². The van der Waals surface area contributed by atoms with Crippen molar-refractivity contribution in [1.82, 2.24) is 41.9 Å². The fourth-order valence-electron chi connectivity index (χ4n) is 14.2. The normalized spacial score (nSPS) is 21.0. The highest BCUT2D eigenvalue weighted by Gasteiger charge is 2.40. The number of anilines is 2. The van der Waals surface area contributed by atoms with Gasteiger partial charge in [-0.1, -0.05) is 132 Å². The van der Waals surface area contributed by atoms with E-state index in [1.807, 2.05) is 11.4 Å². The number of hydrogen-bond donors (Lipinski definition) is 17. The second-order valence-electron chi connectivity index (χ2n) is 33.1. The van der Waals surface area contributed by atoms with Crippen molar-refractivity contribution in [1.29, 1.82) is 0 Å². The van der Waals surface area contributed by atoms with Crippen molar-refractivity contribution < 1.29 is 136 Å². The maximum atomic E-state index is 12.6. The Balaban J connectivity index is 0.000000228. The number of phenolic OH excluding ortho intramolecular Hbond substituents is 2. The van der Waals surface area contributed by atoms with E-state index < -0.39 is 127 Å². The fourth-order valence-corrected chi connectivity index (χ4v) is 15.6. The zero-order valence-corrected chi connectivity index (χ0v) is 80.1. The Morgan fingerprint density at radius 3 is 1.09 bits per heavy atom. The minimum atomic E-state index is -1.26. The molecule has 48 heteroatoms. The molecule has 0 aliphatic carbocycles. The average molecular weight is 1970 g/mol. The van der Waals surface area contributed by atoms with E-state index in [9.17, 15) is 97.9 Å². The first-order valence-corrected chi connectivity index (χ1v) is 46.8. The number of ketones is 6. The molecule has 10 heterocycles. The molecule has 12 rings (SSSR count). The molecule has 0 bridgehead atoms. The molecular weight excluding hydrogens is 1850 g/mol. The molecule has 744 valence electrons. The van der Waals surface area contributed by atoms with Crippen molar-refractivity contribution >= 4 is 159 Å². The third-order valence-corrected chi connectivity index (χ3v) is 22.4. The van der Waals surface area contributed by atoms with Crippen molar-refractivity contribution in [3.05, 3.63) is 225 Å². The zero-order valence-electron chi connectivity index (χ0n) is 78.4. The van der Waals surface area contributed by atoms with Crippen LogP contribution in [-0.4, -0.2) is 259 Å². The van der Waals surface area contributed by atoms with E-state index in [1.54, 1.807) is 164 Å². The third-order valence-electron chi connectivity index (χ3n) is 20.7. The minimum Gasteiger partial charge on any atom is -0.508 e. The van der Waals surface area contributed by atoms with Gasteiger partial charge in [0, 0.05) is 50.3 Å². The van der Waals surface area contributed by atoms with Crippen LogP contribution in [0.2, 0.25) is 0 Å². The summed E-state index contributed by atoms with van der Waals surface area (Å²) in [4.78, 5) is 154. The van der Waals surface area contributed by atoms with Gasteiger partial charge < -0.3 is 122 Å². The van der Waals surface area contributed by atoms with E-state index in [4.69, 9.17) is 49.4 Å². The monoisotopic (exact) mass is 1970 g/mol. The summed E-state index contributed by atoms with van der Waals surface area (Å²) in [7, 11) is -7.19. The smallest absolute Gasteiger partial charge is 0.478 e. The van der Waals surface area contributed by atoms with Crippen molar-refractivity contribution in [3.63, 3.8) is 0 Å². The first-order chi connectivity index (χ1) is 66.8. The molecule has 140 heavy (non-hydrogen) atoms. The number of thiophene rings is 2. The largest absolute Gasteiger partial charge is 0.508 e. The molecule has 0 saturated carbocycles. The second-order valence-corrected chi connectivity index (χ2v) is 35.0. The lowest BCUT2D eigenvalue weighted by Crippen LogP contribution is -2.50. The molecule has 0 saturated heterocycles. The quantitative estimate of drug-likeness (QED) is 0.00941. The molecule has 0 radical (unpaired) electrons. The van der Waals surface area contributed by atoms with Crippen LogP contribution in [0.3, 0.4) is 0 Å². The lowest BCUT2D eigenvalue weighted by atomic mass is 9.77. The Kier molecular flexibility index (Phi) is 49.4. The topological polar surface area (TPSA) is 626 Å². The number of benzene rings is 2. The first-order valence-electron chi connectivity index (χ1n) is 45.0. The van der Waals surface area contributed by atoms with Crippen LogP contribution in [0, 0.1) is 0 Å². The lowest BCUT2D eigenvalue weighted by molar-refractivity contribution is -0.121. The Labute approximate surface area is 820 Å². The summed E-state index contributed by atoms with van der Waals surface area (Å²) in [5, 5.41) is 115. The van der Waals surface area contributed by atoms with Gasteiger partial charge in [0.2, 0.25) is 23.6 Å². The van der Waals surface area contributed by atoms with Gasteiger partial charge in [-0.25, -0.2) is 9.97 Å². The molecule has 4 aromatic heterocycles. The number of pyridine rings is 2. The van der Waals surface area contributed by atoms with E-state index in [0.29, 0.717) is 83.3 Å². The molecule has 19 N–H and O–H groups in total. The predicted molar refractivity (Wildman–Crippen MR) is 526 cm³/mol. The highest BCUT2D eigenvalue weighted by atomic mass is 32.1. The van der Waals surface area contributed by atoms with E-state index in [0.717, 1.165) is 5.56 Å². The van der Waals surface area contributed by atoms with Gasteiger partial charge in [0.15, 0.2) is 11.4 Å². The number of nitrogens with one attached hydrogen (secondary N) is 6. The summed E-state index contributed by atoms with van der Waals surface area (Å²) in [6.45, 7) is 10.9. The van der Waals surface area contributed by atoms with E-state index in [1.165, 1.54) is 88.6 Å². The van der Waals surface area contributed by atoms with Crippen LogP contribution >= 0.6 is 22.7 Å². The number of aromatic hydroxyl groups is 2. The van der Waals surface area contributed by atoms with Crippen molar-refractivity contribution in [2.45, 2.75) is 223 Å². The van der Waals surface area contributed by atoms with Gasteiger partial charge in [-0.2, -0.15) is 0 Å². The summed E-state index contributed by atoms with van der Waals surface area (Å²) in [5.41, 5.74) is 13.7. The molecule has 40 nitrogen and oxygen atoms in total. The Bertz CT molecular complexity index is 5100. The number of oxime groups is 2. The van der Waals surface area contributed by atoms with E-state index in [2.05, 4.69) is 52.2 Å². The Morgan fingerprint density at radius 1 is 0.407 bits per heavy atom. The molecule has 12 atom stereocenters. The highest BCUT2D eigenvalue weighted by Crippen LogP contribution is 2.24. The number of carbonyl (C=O) groups is 12. The molecule has 6 aromatic rings. The molecule has 2 aromatic carbocycles. The molecule has 6 aliphatic heterocycles. The van der Waals surface area contributed by atoms with Gasteiger partial charge in [-0.05, 0) is 163 Å². The third kappa shape index (κ3) is 43.1. The van der Waals surface area contributed by atoms with Crippen LogP contribution < -0.4 is 43.4 Å². The fraction of sp³-hybridized carbons (Fsp3) is 0.391. The number of phenols is 2. The number of amides is 6. The number of aromatic nitrogens is 2. The molecule has 6 amide bonds. The van der Waals surface area contributed by atoms with Crippen LogP contribution in [0.4, 0.5) is 11.6 Å². The van der Waals surface area contributed by atoms with Crippen LogP contribution in [0.25, 0.3) is 0 Å². The number of Topliss-reactive ketones (excluding diaryl/α,β-unsaturated/α-hetero) is 6. The number of rotatable bonds is 32. The second kappa shape index (κ2) is 60.5. The minimum absolute atomic E-state index is 0.0104. The number of nitrogen functional groups attached to an aromatic ring is 2. The number of hydrogen-bond acceptors (Lipinski definition) is 36. The summed E-state index contributed by atoms with van der Waals surface area (Å²) in [5.74, 6) is -5.19. The van der Waals surface area contributed by atoms with Crippen molar-refractivity contribution in [3.8, 4) is 11.5 Å². The van der Waals surface area contributed by atoms with Gasteiger partial charge in [0.25, 0.3) is 11.8 Å². The lowest BCUT2D eigenvalue weighted by Gasteiger charge is -2.20. The van der Waals surface area contributed by atoms with Gasteiger partial charge in [0.1, 0.15) is 64.4 Å². The SMILES string of the molecule is CC(=O)C[C@H]1C=CC[C@H](NC(=O)/C(=N\O)c2cccs2)B(O)O1.CC(=O)C[C@H]1C=CC[C@H](NC(=O)Cc2cccc(N)n2)B(O)O1.CC(=O)C[C@H]1C=CC[C@H](NC(=O)Cc2cccc(O)c2)B(O)O1.CC(=O)C[C@H]1C=CC[C@H](NC(=O)Cc2ccccc2O)B(O)O1.CC(=O)C[C@H]1C=CC[C@H](NC(=O)Cc2ccnc(N)c2)B(O)O1.CCO/N=C(/C(=O)N[C@H]1CC=C[C@H](CC(C)=O)OB1O)c1cccs1. The Morgan fingerprint density at radius 2 is 0.750 bits per heavy atom. The average Bonchev–Trinajstić information content (AvgIpc) is 1.73. The summed E-state index contributed by atoms with van der Waals surface area (Å²) in [6.07, 6.45) is 23.5. The van der Waals surface area contributed by atoms with Gasteiger partial charge >= 0.3 is 42.7 Å². The van der Waals surface area contributed by atoms with Crippen molar-refractivity contribution in [2.75, 3.05) is 18.1 Å². The highest BCUT2D eigenvalue weighted by molar-refractivity contribution is 7.13. The predicted octanol–water partition coefficient (Wildman–Crippen LogP) is 3.67. The molecular formula is C92H118B6N12O28S2. The van der Waals surface area contributed by atoms with Crippen LogP contribution in [0.5, 0.6) is 11.5 Å². The molecule has 0 fully saturated rings. The molecule has 0 spiro atoms. The first kappa shape index (κ1) is 114. The maximum absolute atomic E-state index is 12.6. The summed E-state index contributed by atoms with van der Waals surface area (Å²) in [6, 6.07) is 28.4. The maximum Gasteiger partial charge on any atom is 0.478 e. The number of nitrogens with zero attached hydrogens (tertiary/aromatic N) is 4. The van der Waals surface area contributed by atoms with Crippen LogP contribution in [0.1, 0.15) is 158 Å². The standard InChI is InChI=1S/C16H21BN2O5S.2C16H20BNO5.2C15H20BN3O4.C14H17BN2O5S/c1-3-23-19-15(13-7-5-9-25-13)16(21)18-14-8-4-6-12(10-11(2)20)24-17(14)22;1-11(19)8-14-6-3-7-15(17(22)23-14)18-16(21)10-12-4-2-5-13(20)9-12;1-11(19)9-13-6-4-8-15(17(22)23-13)18-16(21)10-12-5-2-3-7-14(12)20;1-10(20)8-12-5-3-6-13(16(22)23-12)19-15(21)9-11-4-2-7-14(17)18-11;1-10(20)7-12-3-2-4-13(16(22)23-12)19-15(21)9-11-5-6-18-14(17)8-11;1-9(18)8-10-4-2-6-12(15(20)22-10)16-14(19)13(17-21)11-5-3-7-23-11/h4-7,9,12,14,22H,3,8,10H2,1-2H3,(H,18,21);2-6,9,14-15,20,22H,7-8,10H2,1H3,(H,18,21);2-7,13,15,20,22H,8-10H2,1H3,(H,18,21);2-5,7,12-13,22H,6,8-9H2,1H3,(H2,17,18)(H,19,21);2-3,5-6,8,12-13,22H,4,7,9H2,1H3,(H2,17,18)(H,19,21);2-5,7,10,12,20-21H,6,8H2,1H3,(H,16,19)/b19-15+;;;;;17-13-/t12-,14+;14-,15+;13-,15+;2*12-,13+;10-,12+/m111111/s1. The van der Waals surface area contributed by atoms with Gasteiger partial charge in [0.05, 0.1) is 113 Å². The van der Waals surface area contributed by atoms with Crippen molar-refractivity contribution in [2.24, 2.45) is 10.3 Å². The van der Waals surface area contributed by atoms with E-state index in [-0.39, 0.29) is 145 Å². The molecule has 0 unspecified atom stereocenters. The van der Waals surface area contributed by atoms with Gasteiger partial charge in [-0.3, -0.25) is 57.5 Å². The zero-order chi connectivity index (χ0) is 102. The number of para-hydroxylation sites is 1. The summed E-state index contributed by atoms with van der Waals surface area (Å²) >= 11 is 2.63. The van der Waals surface area contributed by atoms with E-state index >= 15 is 0 Å². The van der Waals surface area contributed by atoms with Gasteiger partial charge in [-0.15, -0.1) is 22.7 Å². The summed E-state index contributed by atoms with van der Waals surface area (Å²) < 4.78 is 32.4. The molecule has 6 aliphatic rings. The Hall–Kier alpha value is -12.5.